The monoisotopic (exact) mass is 281 g/mol. The largest absolute Gasteiger partial charge is 0.508 e. The van der Waals surface area contributed by atoms with Gasteiger partial charge < -0.3 is 14.6 Å². The Kier molecular flexibility index (Phi) is 3.60. The molecule has 0 radical (unpaired) electrons. The van der Waals surface area contributed by atoms with Gasteiger partial charge in [0, 0.05) is 12.1 Å². The van der Waals surface area contributed by atoms with E-state index in [4.69, 9.17) is 9.47 Å². The van der Waals surface area contributed by atoms with Gasteiger partial charge in [0.05, 0.1) is 6.61 Å². The predicted molar refractivity (Wildman–Crippen MR) is 81.1 cm³/mol. The number of benzene rings is 2. The van der Waals surface area contributed by atoms with Gasteiger partial charge in [0.15, 0.2) is 0 Å². The lowest BCUT2D eigenvalue weighted by Gasteiger charge is -2.08. The third kappa shape index (κ3) is 3.05. The molecule has 106 valence electrons. The summed E-state index contributed by atoms with van der Waals surface area (Å²) in [6.07, 6.45) is 0. The first-order valence-electron chi connectivity index (χ1n) is 6.75. The summed E-state index contributed by atoms with van der Waals surface area (Å²) in [6, 6.07) is 16.3. The number of pyridine rings is 1. The zero-order valence-electron chi connectivity index (χ0n) is 11.6. The first-order chi connectivity index (χ1) is 10.2. The molecule has 0 fully saturated rings. The maximum atomic E-state index is 9.54. The molecule has 0 aliphatic heterocycles. The Bertz CT molecular complexity index is 771. The molecule has 0 bridgehead atoms. The third-order valence-electron chi connectivity index (χ3n) is 3.01. The molecule has 0 saturated carbocycles. The zero-order chi connectivity index (χ0) is 14.7. The van der Waals surface area contributed by atoms with E-state index in [0.717, 1.165) is 10.8 Å². The van der Waals surface area contributed by atoms with Crippen molar-refractivity contribution in [1.29, 1.82) is 0 Å². The van der Waals surface area contributed by atoms with Crippen LogP contribution in [0.25, 0.3) is 10.8 Å². The van der Waals surface area contributed by atoms with E-state index in [1.807, 2.05) is 37.3 Å². The lowest BCUT2D eigenvalue weighted by molar-refractivity contribution is 0.321. The van der Waals surface area contributed by atoms with Crippen LogP contribution in [0.1, 0.15) is 6.92 Å². The minimum atomic E-state index is 0.233. The molecule has 3 rings (SSSR count). The maximum absolute atomic E-state index is 9.54. The summed E-state index contributed by atoms with van der Waals surface area (Å²) in [7, 11) is 0. The normalized spacial score (nSPS) is 10.5. The number of phenols is 1. The number of aromatic nitrogens is 1. The van der Waals surface area contributed by atoms with Crippen LogP contribution in [0.3, 0.4) is 0 Å². The second-order valence-electron chi connectivity index (χ2n) is 4.54. The standard InChI is InChI=1S/C17H15NO3/c1-2-20-16-4-3-5-17(18-16)21-15-9-7-12-6-8-14(19)10-13(12)11-15/h3-11,19H,2H2,1H3. The Morgan fingerprint density at radius 3 is 2.62 bits per heavy atom. The average Bonchev–Trinajstić information content (AvgIpc) is 2.47. The highest BCUT2D eigenvalue weighted by molar-refractivity contribution is 5.85. The fraction of sp³-hybridized carbons (Fsp3) is 0.118. The molecule has 1 N–H and O–H groups in total. The lowest BCUT2D eigenvalue weighted by Crippen LogP contribution is -1.95. The Hall–Kier alpha value is -2.75. The van der Waals surface area contributed by atoms with E-state index in [-0.39, 0.29) is 5.75 Å². The van der Waals surface area contributed by atoms with Crippen LogP contribution in [0, 0.1) is 0 Å². The summed E-state index contributed by atoms with van der Waals surface area (Å²) in [5, 5.41) is 11.5. The molecule has 21 heavy (non-hydrogen) atoms. The summed E-state index contributed by atoms with van der Waals surface area (Å²) in [6.45, 7) is 2.47. The second-order valence-corrected chi connectivity index (χ2v) is 4.54. The fourth-order valence-corrected chi connectivity index (χ4v) is 2.08. The third-order valence-corrected chi connectivity index (χ3v) is 3.01. The van der Waals surface area contributed by atoms with E-state index in [1.165, 1.54) is 0 Å². The molecule has 4 nitrogen and oxygen atoms in total. The van der Waals surface area contributed by atoms with Crippen molar-refractivity contribution in [2.24, 2.45) is 0 Å². The van der Waals surface area contributed by atoms with Crippen molar-refractivity contribution in [3.05, 3.63) is 54.6 Å². The molecule has 0 aliphatic carbocycles. The van der Waals surface area contributed by atoms with Crippen molar-refractivity contribution < 1.29 is 14.6 Å². The van der Waals surface area contributed by atoms with Gasteiger partial charge in [-0.25, -0.2) is 0 Å². The Morgan fingerprint density at radius 1 is 0.952 bits per heavy atom. The average molecular weight is 281 g/mol. The van der Waals surface area contributed by atoms with E-state index in [2.05, 4.69) is 4.98 Å². The van der Waals surface area contributed by atoms with Crippen LogP contribution >= 0.6 is 0 Å². The molecule has 0 amide bonds. The van der Waals surface area contributed by atoms with Crippen LogP contribution in [0.5, 0.6) is 23.3 Å². The van der Waals surface area contributed by atoms with Gasteiger partial charge in [0.1, 0.15) is 11.5 Å². The summed E-state index contributed by atoms with van der Waals surface area (Å²) in [5.41, 5.74) is 0. The molecule has 0 aliphatic rings. The highest BCUT2D eigenvalue weighted by Gasteiger charge is 2.03. The molecule has 0 atom stereocenters. The molecule has 0 spiro atoms. The van der Waals surface area contributed by atoms with Gasteiger partial charge in [-0.15, -0.1) is 0 Å². The van der Waals surface area contributed by atoms with Crippen molar-refractivity contribution >= 4 is 10.8 Å². The highest BCUT2D eigenvalue weighted by atomic mass is 16.5. The predicted octanol–water partition coefficient (Wildman–Crippen LogP) is 4.13. The van der Waals surface area contributed by atoms with Gasteiger partial charge in [-0.1, -0.05) is 18.2 Å². The Balaban J connectivity index is 1.88. The maximum Gasteiger partial charge on any atom is 0.222 e. The summed E-state index contributed by atoms with van der Waals surface area (Å²) < 4.78 is 11.1. The molecule has 1 aromatic heterocycles. The van der Waals surface area contributed by atoms with Gasteiger partial charge in [0.25, 0.3) is 0 Å². The number of ether oxygens (including phenoxy) is 2. The minimum Gasteiger partial charge on any atom is -0.508 e. The first-order valence-corrected chi connectivity index (χ1v) is 6.75. The molecule has 1 heterocycles. The number of nitrogens with zero attached hydrogens (tertiary/aromatic N) is 1. The van der Waals surface area contributed by atoms with Gasteiger partial charge in [-0.2, -0.15) is 4.98 Å². The zero-order valence-corrected chi connectivity index (χ0v) is 11.6. The summed E-state index contributed by atoms with van der Waals surface area (Å²) in [5.74, 6) is 1.90. The van der Waals surface area contributed by atoms with Crippen molar-refractivity contribution in [2.75, 3.05) is 6.61 Å². The van der Waals surface area contributed by atoms with E-state index in [9.17, 15) is 5.11 Å². The van der Waals surface area contributed by atoms with Gasteiger partial charge >= 0.3 is 0 Å². The van der Waals surface area contributed by atoms with Crippen LogP contribution in [0.2, 0.25) is 0 Å². The molecule has 3 aromatic rings. The van der Waals surface area contributed by atoms with Gasteiger partial charge in [-0.05, 0) is 42.0 Å². The lowest BCUT2D eigenvalue weighted by atomic mass is 10.1. The van der Waals surface area contributed by atoms with E-state index in [1.54, 1.807) is 24.3 Å². The Labute approximate surface area is 122 Å². The fourth-order valence-electron chi connectivity index (χ4n) is 2.08. The molecule has 4 heteroatoms. The molecular formula is C17H15NO3. The number of hydrogen-bond acceptors (Lipinski definition) is 4. The molecule has 2 aromatic carbocycles. The number of phenolic OH excluding ortho intramolecular Hbond substituents is 1. The van der Waals surface area contributed by atoms with Gasteiger partial charge in [0.2, 0.25) is 11.8 Å². The van der Waals surface area contributed by atoms with Crippen molar-refractivity contribution in [1.82, 2.24) is 4.98 Å². The number of fused-ring (bicyclic) bond motifs is 1. The van der Waals surface area contributed by atoms with Crippen LogP contribution in [0.4, 0.5) is 0 Å². The van der Waals surface area contributed by atoms with Crippen LogP contribution in [-0.4, -0.2) is 16.7 Å². The van der Waals surface area contributed by atoms with Crippen molar-refractivity contribution in [3.63, 3.8) is 0 Å². The molecule has 0 saturated heterocycles. The van der Waals surface area contributed by atoms with E-state index in [0.29, 0.717) is 24.1 Å². The van der Waals surface area contributed by atoms with Crippen LogP contribution < -0.4 is 9.47 Å². The summed E-state index contributed by atoms with van der Waals surface area (Å²) >= 11 is 0. The Morgan fingerprint density at radius 2 is 1.76 bits per heavy atom. The number of hydrogen-bond donors (Lipinski definition) is 1. The SMILES string of the molecule is CCOc1cccc(Oc2ccc3ccc(O)cc3c2)n1. The van der Waals surface area contributed by atoms with E-state index < -0.39 is 0 Å². The minimum absolute atomic E-state index is 0.233. The van der Waals surface area contributed by atoms with Crippen molar-refractivity contribution in [2.45, 2.75) is 6.92 Å². The van der Waals surface area contributed by atoms with Crippen molar-refractivity contribution in [3.8, 4) is 23.3 Å². The van der Waals surface area contributed by atoms with E-state index >= 15 is 0 Å². The quantitative estimate of drug-likeness (QED) is 0.781. The summed E-state index contributed by atoms with van der Waals surface area (Å²) in [4.78, 5) is 4.26. The first kappa shape index (κ1) is 13.2. The highest BCUT2D eigenvalue weighted by Crippen LogP contribution is 2.27. The molecular weight excluding hydrogens is 266 g/mol. The smallest absolute Gasteiger partial charge is 0.222 e. The molecule has 0 unspecified atom stereocenters. The number of aromatic hydroxyl groups is 1. The van der Waals surface area contributed by atoms with Gasteiger partial charge in [-0.3, -0.25) is 0 Å². The van der Waals surface area contributed by atoms with Crippen LogP contribution in [-0.2, 0) is 0 Å². The second kappa shape index (κ2) is 5.71. The topological polar surface area (TPSA) is 51.6 Å². The van der Waals surface area contributed by atoms with Crippen LogP contribution in [0.15, 0.2) is 54.6 Å². The number of rotatable bonds is 4.